The van der Waals surface area contributed by atoms with Gasteiger partial charge in [-0.1, -0.05) is 12.1 Å². The Morgan fingerprint density at radius 2 is 1.89 bits per heavy atom. The average Bonchev–Trinajstić information content (AvgIpc) is 2.27. The Hall–Kier alpha value is -1.08. The maximum absolute atomic E-state index is 12.0. The highest BCUT2D eigenvalue weighted by molar-refractivity contribution is 7.84. The van der Waals surface area contributed by atoms with Crippen molar-refractivity contribution >= 4 is 10.8 Å². The molecule has 19 heavy (non-hydrogen) atoms. The zero-order chi connectivity index (χ0) is 14.5. The predicted molar refractivity (Wildman–Crippen MR) is 68.5 cm³/mol. The Kier molecular flexibility index (Phi) is 5.81. The Morgan fingerprint density at radius 1 is 1.32 bits per heavy atom. The summed E-state index contributed by atoms with van der Waals surface area (Å²) in [6.45, 7) is 2.48. The summed E-state index contributed by atoms with van der Waals surface area (Å²) >= 11 is 0. The maximum atomic E-state index is 12.0. The van der Waals surface area contributed by atoms with Crippen LogP contribution in [0.1, 0.15) is 18.5 Å². The highest BCUT2D eigenvalue weighted by atomic mass is 32.2. The number of rotatable bonds is 6. The molecule has 0 spiro atoms. The number of benzene rings is 1. The van der Waals surface area contributed by atoms with Crippen molar-refractivity contribution in [3.8, 4) is 5.75 Å². The van der Waals surface area contributed by atoms with Gasteiger partial charge < -0.3 is 10.1 Å². The second kappa shape index (κ2) is 6.91. The zero-order valence-electron chi connectivity index (χ0n) is 10.7. The van der Waals surface area contributed by atoms with E-state index in [2.05, 4.69) is 10.1 Å². The average molecular weight is 295 g/mol. The van der Waals surface area contributed by atoms with Gasteiger partial charge in [-0.25, -0.2) is 0 Å². The molecule has 1 aromatic carbocycles. The molecule has 0 radical (unpaired) electrons. The minimum absolute atomic E-state index is 0.0245. The first kappa shape index (κ1) is 16.0. The molecule has 0 amide bonds. The molecule has 108 valence electrons. The van der Waals surface area contributed by atoms with Crippen molar-refractivity contribution in [3.63, 3.8) is 0 Å². The lowest BCUT2D eigenvalue weighted by Crippen LogP contribution is -2.23. The molecule has 0 aliphatic heterocycles. The van der Waals surface area contributed by atoms with Gasteiger partial charge in [0.05, 0.1) is 0 Å². The predicted octanol–water partition coefficient (Wildman–Crippen LogP) is 2.61. The molecule has 0 aromatic heterocycles. The second-order valence-corrected chi connectivity index (χ2v) is 5.62. The summed E-state index contributed by atoms with van der Waals surface area (Å²) < 4.78 is 50.6. The normalized spacial score (nSPS) is 15.0. The standard InChI is InChI=1S/C12H16F3NO2S/c1-9(16-7-8-19(2)17)10-3-5-11(6-4-10)18-12(13,14)15/h3-6,9,16H,7-8H2,1-2H3. The van der Waals surface area contributed by atoms with Crippen LogP contribution in [0.4, 0.5) is 13.2 Å². The molecule has 7 heteroatoms. The fourth-order valence-electron chi connectivity index (χ4n) is 1.50. The molecule has 1 rings (SSSR count). The highest BCUT2D eigenvalue weighted by Gasteiger charge is 2.30. The molecule has 0 aliphatic rings. The van der Waals surface area contributed by atoms with E-state index < -0.39 is 17.2 Å². The molecule has 0 heterocycles. The van der Waals surface area contributed by atoms with E-state index >= 15 is 0 Å². The molecule has 0 fully saturated rings. The SMILES string of the molecule is CC(NCCS(C)=O)c1ccc(OC(F)(F)F)cc1. The molecule has 2 unspecified atom stereocenters. The number of hydrogen-bond donors (Lipinski definition) is 1. The molecular formula is C12H16F3NO2S. The Morgan fingerprint density at radius 3 is 2.37 bits per heavy atom. The maximum Gasteiger partial charge on any atom is 0.573 e. The van der Waals surface area contributed by atoms with Gasteiger partial charge in [0, 0.05) is 35.4 Å². The number of hydrogen-bond acceptors (Lipinski definition) is 3. The van der Waals surface area contributed by atoms with E-state index in [4.69, 9.17) is 0 Å². The van der Waals surface area contributed by atoms with Gasteiger partial charge in [0.2, 0.25) is 0 Å². The number of halogens is 3. The van der Waals surface area contributed by atoms with Crippen molar-refractivity contribution in [1.82, 2.24) is 5.32 Å². The first-order valence-corrected chi connectivity index (χ1v) is 7.40. The van der Waals surface area contributed by atoms with Crippen molar-refractivity contribution in [1.29, 1.82) is 0 Å². The molecular weight excluding hydrogens is 279 g/mol. The van der Waals surface area contributed by atoms with E-state index in [1.807, 2.05) is 6.92 Å². The minimum atomic E-state index is -4.67. The van der Waals surface area contributed by atoms with Gasteiger partial charge in [-0.3, -0.25) is 4.21 Å². The summed E-state index contributed by atoms with van der Waals surface area (Å²) in [4.78, 5) is 0. The number of nitrogens with one attached hydrogen (secondary N) is 1. The minimum Gasteiger partial charge on any atom is -0.406 e. The van der Waals surface area contributed by atoms with Crippen LogP contribution in [-0.2, 0) is 10.8 Å². The lowest BCUT2D eigenvalue weighted by Gasteiger charge is -2.15. The summed E-state index contributed by atoms with van der Waals surface area (Å²) in [5.74, 6) is 0.303. The van der Waals surface area contributed by atoms with Crippen LogP contribution in [0.25, 0.3) is 0 Å². The molecule has 0 saturated carbocycles. The first-order valence-electron chi connectivity index (χ1n) is 5.67. The second-order valence-electron chi connectivity index (χ2n) is 4.07. The Bertz CT molecular complexity index is 420. The topological polar surface area (TPSA) is 38.3 Å². The van der Waals surface area contributed by atoms with Gasteiger partial charge in [0.15, 0.2) is 0 Å². The van der Waals surface area contributed by atoms with Gasteiger partial charge >= 0.3 is 6.36 Å². The van der Waals surface area contributed by atoms with Crippen LogP contribution in [0.3, 0.4) is 0 Å². The summed E-state index contributed by atoms with van der Waals surface area (Å²) in [6.07, 6.45) is -3.05. The molecule has 0 bridgehead atoms. The van der Waals surface area contributed by atoms with Crippen LogP contribution in [-0.4, -0.2) is 29.1 Å². The van der Waals surface area contributed by atoms with Crippen LogP contribution in [0.2, 0.25) is 0 Å². The van der Waals surface area contributed by atoms with Gasteiger partial charge in [0.1, 0.15) is 5.75 Å². The summed E-state index contributed by atoms with van der Waals surface area (Å²) in [7, 11) is -0.861. The molecule has 0 aliphatic carbocycles. The third-order valence-corrected chi connectivity index (χ3v) is 3.23. The van der Waals surface area contributed by atoms with Crippen LogP contribution in [0, 0.1) is 0 Å². The van der Waals surface area contributed by atoms with E-state index in [9.17, 15) is 17.4 Å². The van der Waals surface area contributed by atoms with E-state index in [0.717, 1.165) is 5.56 Å². The zero-order valence-corrected chi connectivity index (χ0v) is 11.5. The fourth-order valence-corrected chi connectivity index (χ4v) is 1.90. The van der Waals surface area contributed by atoms with Gasteiger partial charge in [-0.2, -0.15) is 0 Å². The van der Waals surface area contributed by atoms with Crippen LogP contribution >= 0.6 is 0 Å². The van der Waals surface area contributed by atoms with Crippen LogP contribution in [0.5, 0.6) is 5.75 Å². The lowest BCUT2D eigenvalue weighted by atomic mass is 10.1. The van der Waals surface area contributed by atoms with Gasteiger partial charge in [-0.05, 0) is 24.6 Å². The summed E-state index contributed by atoms with van der Waals surface area (Å²) in [5, 5.41) is 3.14. The van der Waals surface area contributed by atoms with Crippen LogP contribution in [0.15, 0.2) is 24.3 Å². The van der Waals surface area contributed by atoms with E-state index in [0.29, 0.717) is 12.3 Å². The van der Waals surface area contributed by atoms with Gasteiger partial charge in [-0.15, -0.1) is 13.2 Å². The largest absolute Gasteiger partial charge is 0.573 e. The molecule has 0 saturated heterocycles. The summed E-state index contributed by atoms with van der Waals surface area (Å²) in [6, 6.07) is 5.67. The monoisotopic (exact) mass is 295 g/mol. The first-order chi connectivity index (χ1) is 8.78. The fraction of sp³-hybridized carbons (Fsp3) is 0.500. The van der Waals surface area contributed by atoms with Crippen molar-refractivity contribution < 1.29 is 22.1 Å². The number of ether oxygens (including phenoxy) is 1. The quantitative estimate of drug-likeness (QED) is 0.876. The lowest BCUT2D eigenvalue weighted by molar-refractivity contribution is -0.274. The summed E-state index contributed by atoms with van der Waals surface area (Å²) in [5.41, 5.74) is 0.844. The molecule has 1 N–H and O–H groups in total. The molecule has 3 nitrogen and oxygen atoms in total. The van der Waals surface area contributed by atoms with E-state index in [1.165, 1.54) is 12.1 Å². The molecule has 2 atom stereocenters. The smallest absolute Gasteiger partial charge is 0.406 e. The van der Waals surface area contributed by atoms with Crippen molar-refractivity contribution in [2.45, 2.75) is 19.3 Å². The van der Waals surface area contributed by atoms with Crippen molar-refractivity contribution in [2.24, 2.45) is 0 Å². The van der Waals surface area contributed by atoms with E-state index in [1.54, 1.807) is 18.4 Å². The van der Waals surface area contributed by atoms with Crippen molar-refractivity contribution in [3.05, 3.63) is 29.8 Å². The molecule has 1 aromatic rings. The third-order valence-electron chi connectivity index (χ3n) is 2.45. The van der Waals surface area contributed by atoms with Gasteiger partial charge in [0.25, 0.3) is 0 Å². The highest BCUT2D eigenvalue weighted by Crippen LogP contribution is 2.24. The Balaban J connectivity index is 2.53. The van der Waals surface area contributed by atoms with Crippen molar-refractivity contribution in [2.75, 3.05) is 18.6 Å². The van der Waals surface area contributed by atoms with Crippen LogP contribution < -0.4 is 10.1 Å². The Labute approximate surface area is 112 Å². The third kappa shape index (κ3) is 6.58. The van der Waals surface area contributed by atoms with E-state index in [-0.39, 0.29) is 11.8 Å². The number of alkyl halides is 3.